The second-order valence-corrected chi connectivity index (χ2v) is 7.97. The predicted molar refractivity (Wildman–Crippen MR) is 99.3 cm³/mol. The third kappa shape index (κ3) is 3.22. The number of aromatic hydroxyl groups is 1. The molecule has 23 heavy (non-hydrogen) atoms. The Morgan fingerprint density at radius 3 is 2.74 bits per heavy atom. The number of para-hydroxylation sites is 1. The number of aromatic nitrogens is 1. The largest absolute Gasteiger partial charge is 0.508 e. The van der Waals surface area contributed by atoms with Crippen molar-refractivity contribution in [3.05, 3.63) is 48.0 Å². The van der Waals surface area contributed by atoms with Gasteiger partial charge in [0.1, 0.15) is 10.8 Å². The molecule has 1 aliphatic heterocycles. The molecular formula is C18H18N2OS2. The molecule has 0 amide bonds. The summed E-state index contributed by atoms with van der Waals surface area (Å²) in [5.41, 5.74) is 3.12. The van der Waals surface area contributed by atoms with Crippen molar-refractivity contribution in [3.8, 4) is 16.3 Å². The summed E-state index contributed by atoms with van der Waals surface area (Å²) in [5, 5.41) is 11.2. The Bertz CT molecular complexity index is 792. The fourth-order valence-electron chi connectivity index (χ4n) is 2.84. The van der Waals surface area contributed by atoms with Gasteiger partial charge in [0.15, 0.2) is 0 Å². The number of benzene rings is 2. The molecule has 1 aromatic heterocycles. The van der Waals surface area contributed by atoms with Gasteiger partial charge >= 0.3 is 0 Å². The fourth-order valence-corrected chi connectivity index (χ4v) is 4.78. The number of hydrogen-bond acceptors (Lipinski definition) is 5. The van der Waals surface area contributed by atoms with Crippen molar-refractivity contribution < 1.29 is 5.11 Å². The average molecular weight is 342 g/mol. The van der Waals surface area contributed by atoms with Crippen molar-refractivity contribution in [1.82, 2.24) is 9.88 Å². The molecule has 118 valence electrons. The van der Waals surface area contributed by atoms with E-state index in [1.165, 1.54) is 16.2 Å². The summed E-state index contributed by atoms with van der Waals surface area (Å²) in [4.78, 5) is 7.13. The van der Waals surface area contributed by atoms with Crippen molar-refractivity contribution >= 4 is 33.3 Å². The third-order valence-electron chi connectivity index (χ3n) is 4.12. The van der Waals surface area contributed by atoms with E-state index in [2.05, 4.69) is 17.0 Å². The predicted octanol–water partition coefficient (Wildman–Crippen LogP) is 4.22. The van der Waals surface area contributed by atoms with Crippen molar-refractivity contribution in [3.63, 3.8) is 0 Å². The molecule has 0 unspecified atom stereocenters. The first-order valence-electron chi connectivity index (χ1n) is 7.77. The zero-order valence-corrected chi connectivity index (χ0v) is 14.4. The van der Waals surface area contributed by atoms with E-state index in [1.54, 1.807) is 17.4 Å². The fraction of sp³-hybridized carbons (Fsp3) is 0.278. The first-order valence-corrected chi connectivity index (χ1v) is 9.75. The quantitative estimate of drug-likeness (QED) is 0.773. The molecule has 0 radical (unpaired) electrons. The molecule has 1 saturated heterocycles. The maximum Gasteiger partial charge on any atom is 0.124 e. The van der Waals surface area contributed by atoms with Crippen LogP contribution in [0, 0.1) is 0 Å². The lowest BCUT2D eigenvalue weighted by Gasteiger charge is -2.26. The van der Waals surface area contributed by atoms with Crippen LogP contribution in [0.2, 0.25) is 0 Å². The highest BCUT2D eigenvalue weighted by Gasteiger charge is 2.14. The van der Waals surface area contributed by atoms with Crippen molar-refractivity contribution in [2.75, 3.05) is 24.6 Å². The van der Waals surface area contributed by atoms with E-state index >= 15 is 0 Å². The average Bonchev–Trinajstić information content (AvgIpc) is 3.02. The van der Waals surface area contributed by atoms with Gasteiger partial charge in [-0.3, -0.25) is 4.90 Å². The number of hydrogen-bond donors (Lipinski definition) is 1. The van der Waals surface area contributed by atoms with Gasteiger partial charge in [-0.1, -0.05) is 12.1 Å². The number of thiazole rings is 1. The van der Waals surface area contributed by atoms with Crippen LogP contribution < -0.4 is 0 Å². The Balaban J connectivity index is 1.65. The Morgan fingerprint density at radius 1 is 1.09 bits per heavy atom. The van der Waals surface area contributed by atoms with Gasteiger partial charge in [-0.25, -0.2) is 4.98 Å². The molecule has 0 atom stereocenters. The molecule has 1 fully saturated rings. The lowest BCUT2D eigenvalue weighted by Crippen LogP contribution is -2.31. The van der Waals surface area contributed by atoms with E-state index in [4.69, 9.17) is 4.98 Å². The summed E-state index contributed by atoms with van der Waals surface area (Å²) in [6, 6.07) is 14.1. The Kier molecular flexibility index (Phi) is 4.25. The van der Waals surface area contributed by atoms with E-state index in [0.29, 0.717) is 5.75 Å². The number of phenolic OH excluding ortho intramolecular Hbond substituents is 1. The van der Waals surface area contributed by atoms with Gasteiger partial charge in [0, 0.05) is 42.3 Å². The molecule has 0 aliphatic carbocycles. The van der Waals surface area contributed by atoms with Gasteiger partial charge in [-0.05, 0) is 30.3 Å². The molecule has 2 heterocycles. The second-order valence-electron chi connectivity index (χ2n) is 5.72. The summed E-state index contributed by atoms with van der Waals surface area (Å²) in [6.07, 6.45) is 0. The van der Waals surface area contributed by atoms with Gasteiger partial charge in [0.25, 0.3) is 0 Å². The molecule has 3 nitrogen and oxygen atoms in total. The van der Waals surface area contributed by atoms with E-state index in [1.807, 2.05) is 36.0 Å². The number of nitrogens with zero attached hydrogens (tertiary/aromatic N) is 2. The first-order chi connectivity index (χ1) is 11.3. The van der Waals surface area contributed by atoms with E-state index in [-0.39, 0.29) is 0 Å². The van der Waals surface area contributed by atoms with Gasteiger partial charge in [0.05, 0.1) is 10.2 Å². The monoisotopic (exact) mass is 342 g/mol. The molecule has 0 bridgehead atoms. The van der Waals surface area contributed by atoms with Gasteiger partial charge in [0.2, 0.25) is 0 Å². The third-order valence-corrected chi connectivity index (χ3v) is 6.15. The highest BCUT2D eigenvalue weighted by atomic mass is 32.2. The van der Waals surface area contributed by atoms with Crippen LogP contribution in [-0.4, -0.2) is 39.6 Å². The SMILES string of the molecule is Oc1ccc(-c2nc3ccccc3s2)cc1CN1CCSCC1. The van der Waals surface area contributed by atoms with Crippen LogP contribution in [0.15, 0.2) is 42.5 Å². The van der Waals surface area contributed by atoms with Gasteiger partial charge < -0.3 is 5.11 Å². The molecule has 0 spiro atoms. The summed E-state index contributed by atoms with van der Waals surface area (Å²) in [7, 11) is 0. The lowest BCUT2D eigenvalue weighted by molar-refractivity contribution is 0.289. The minimum atomic E-state index is 0.382. The number of rotatable bonds is 3. The smallest absolute Gasteiger partial charge is 0.124 e. The van der Waals surface area contributed by atoms with E-state index < -0.39 is 0 Å². The van der Waals surface area contributed by atoms with E-state index in [0.717, 1.165) is 41.3 Å². The molecule has 3 aromatic rings. The number of fused-ring (bicyclic) bond motifs is 1. The van der Waals surface area contributed by atoms with E-state index in [9.17, 15) is 5.11 Å². The topological polar surface area (TPSA) is 36.4 Å². The van der Waals surface area contributed by atoms with Crippen LogP contribution >= 0.6 is 23.1 Å². The van der Waals surface area contributed by atoms with Crippen LogP contribution in [0.4, 0.5) is 0 Å². The minimum Gasteiger partial charge on any atom is -0.508 e. The molecule has 1 N–H and O–H groups in total. The van der Waals surface area contributed by atoms with Crippen molar-refractivity contribution in [1.29, 1.82) is 0 Å². The van der Waals surface area contributed by atoms with Gasteiger partial charge in [-0.2, -0.15) is 11.8 Å². The maximum absolute atomic E-state index is 10.2. The standard InChI is InChI=1S/C18H18N2OS2/c21-16-6-5-13(11-14(16)12-20-7-9-22-10-8-20)18-19-15-3-1-2-4-17(15)23-18/h1-6,11,21H,7-10,12H2. The van der Waals surface area contributed by atoms with Gasteiger partial charge in [-0.15, -0.1) is 11.3 Å². The Hall–Kier alpha value is -1.56. The van der Waals surface area contributed by atoms with Crippen LogP contribution in [0.3, 0.4) is 0 Å². The maximum atomic E-state index is 10.2. The van der Waals surface area contributed by atoms with Crippen LogP contribution in [0.5, 0.6) is 5.75 Å². The highest BCUT2D eigenvalue weighted by molar-refractivity contribution is 7.99. The number of phenols is 1. The first kappa shape index (κ1) is 15.0. The zero-order chi connectivity index (χ0) is 15.6. The zero-order valence-electron chi connectivity index (χ0n) is 12.7. The van der Waals surface area contributed by atoms with Crippen LogP contribution in [0.25, 0.3) is 20.8 Å². The molecular weight excluding hydrogens is 324 g/mol. The highest BCUT2D eigenvalue weighted by Crippen LogP contribution is 2.33. The minimum absolute atomic E-state index is 0.382. The Labute approximate surface area is 144 Å². The summed E-state index contributed by atoms with van der Waals surface area (Å²) in [6.45, 7) is 3.00. The molecule has 2 aromatic carbocycles. The molecule has 1 aliphatic rings. The number of thioether (sulfide) groups is 1. The lowest BCUT2D eigenvalue weighted by atomic mass is 10.1. The van der Waals surface area contributed by atoms with Crippen molar-refractivity contribution in [2.45, 2.75) is 6.54 Å². The molecule has 0 saturated carbocycles. The Morgan fingerprint density at radius 2 is 1.91 bits per heavy atom. The summed E-state index contributed by atoms with van der Waals surface area (Å²) >= 11 is 3.70. The van der Waals surface area contributed by atoms with Crippen LogP contribution in [-0.2, 0) is 6.54 Å². The van der Waals surface area contributed by atoms with Crippen molar-refractivity contribution in [2.24, 2.45) is 0 Å². The normalized spacial score (nSPS) is 16.0. The summed E-state index contributed by atoms with van der Waals surface area (Å²) < 4.78 is 1.20. The van der Waals surface area contributed by atoms with Crippen LogP contribution in [0.1, 0.15) is 5.56 Å². The second kappa shape index (κ2) is 6.51. The molecule has 5 heteroatoms. The summed E-state index contributed by atoms with van der Waals surface area (Å²) in [5.74, 6) is 2.74. The molecule has 4 rings (SSSR count).